The van der Waals surface area contributed by atoms with Gasteiger partial charge in [-0.25, -0.2) is 18.7 Å². The van der Waals surface area contributed by atoms with Crippen molar-refractivity contribution in [3.63, 3.8) is 0 Å². The second kappa shape index (κ2) is 8.87. The van der Waals surface area contributed by atoms with Crippen LogP contribution in [-0.2, 0) is 13.3 Å². The number of nitrogens with zero attached hydrogens (tertiary/aromatic N) is 5. The lowest BCUT2D eigenvalue weighted by molar-refractivity contribution is 0.101. The molecule has 2 aromatic carbocycles. The minimum atomic E-state index is -0.444. The van der Waals surface area contributed by atoms with Gasteiger partial charge in [0, 0.05) is 10.7 Å². The number of benzene rings is 2. The molecule has 10 heteroatoms. The van der Waals surface area contributed by atoms with Crippen LogP contribution in [0.15, 0.2) is 71.6 Å². The highest BCUT2D eigenvalue weighted by Gasteiger charge is 2.13. The van der Waals surface area contributed by atoms with Crippen molar-refractivity contribution in [2.75, 3.05) is 5.32 Å². The van der Waals surface area contributed by atoms with Gasteiger partial charge in [-0.2, -0.15) is 5.10 Å². The molecule has 0 atom stereocenters. The Kier molecular flexibility index (Phi) is 5.84. The van der Waals surface area contributed by atoms with Crippen LogP contribution in [0.2, 0.25) is 0 Å². The molecule has 0 radical (unpaired) electrons. The molecule has 0 fully saturated rings. The summed E-state index contributed by atoms with van der Waals surface area (Å²) in [5, 5.41) is 11.0. The van der Waals surface area contributed by atoms with Gasteiger partial charge in [-0.1, -0.05) is 28.1 Å². The molecule has 0 bridgehead atoms. The van der Waals surface area contributed by atoms with Crippen LogP contribution in [0.4, 0.5) is 10.3 Å². The number of ether oxygens (including phenoxy) is 1. The Hall–Kier alpha value is -3.53. The summed E-state index contributed by atoms with van der Waals surface area (Å²) >= 11 is 3.36. The third-order valence-corrected chi connectivity index (χ3v) is 4.57. The molecular weight excluding hydrogens is 455 g/mol. The van der Waals surface area contributed by atoms with E-state index in [2.05, 4.69) is 36.4 Å². The number of halogens is 2. The molecule has 0 aliphatic carbocycles. The molecular formula is C20H16BrFN6O2. The molecule has 4 aromatic rings. The average molecular weight is 471 g/mol. The maximum Gasteiger partial charge on any atom is 0.278 e. The van der Waals surface area contributed by atoms with Gasteiger partial charge in [0.05, 0.1) is 6.54 Å². The first-order chi connectivity index (χ1) is 14.5. The van der Waals surface area contributed by atoms with Gasteiger partial charge in [0.2, 0.25) is 5.95 Å². The van der Waals surface area contributed by atoms with Crippen molar-refractivity contribution in [3.05, 3.63) is 88.7 Å². The second-order valence-electron chi connectivity index (χ2n) is 6.32. The summed E-state index contributed by atoms with van der Waals surface area (Å²) < 4.78 is 22.9. The van der Waals surface area contributed by atoms with Crippen molar-refractivity contribution in [1.82, 2.24) is 24.5 Å². The molecule has 0 saturated heterocycles. The monoisotopic (exact) mass is 470 g/mol. The third-order valence-electron chi connectivity index (χ3n) is 4.05. The summed E-state index contributed by atoms with van der Waals surface area (Å²) in [6.07, 6.45) is 3.11. The highest BCUT2D eigenvalue weighted by molar-refractivity contribution is 9.10. The second-order valence-corrected chi connectivity index (χ2v) is 7.23. The van der Waals surface area contributed by atoms with Crippen LogP contribution in [-0.4, -0.2) is 30.5 Å². The molecule has 1 amide bonds. The van der Waals surface area contributed by atoms with Crippen LogP contribution in [0.1, 0.15) is 16.1 Å². The van der Waals surface area contributed by atoms with Crippen LogP contribution in [0.25, 0.3) is 0 Å². The number of nitrogens with one attached hydrogen (secondary N) is 1. The lowest BCUT2D eigenvalue weighted by Crippen LogP contribution is -2.15. The fraction of sp³-hybridized carbons (Fsp3) is 0.100. The van der Waals surface area contributed by atoms with Crippen LogP contribution in [0.5, 0.6) is 5.75 Å². The predicted octanol–water partition coefficient (Wildman–Crippen LogP) is 3.71. The van der Waals surface area contributed by atoms with E-state index in [1.807, 2.05) is 24.3 Å². The lowest BCUT2D eigenvalue weighted by Gasteiger charge is -2.06. The van der Waals surface area contributed by atoms with Gasteiger partial charge < -0.3 is 4.74 Å². The number of carbonyl (C=O) groups is 1. The summed E-state index contributed by atoms with van der Waals surface area (Å²) in [5.41, 5.74) is 0.943. The molecule has 30 heavy (non-hydrogen) atoms. The molecule has 2 aromatic heterocycles. The Morgan fingerprint density at radius 2 is 1.93 bits per heavy atom. The zero-order valence-corrected chi connectivity index (χ0v) is 17.2. The van der Waals surface area contributed by atoms with Crippen LogP contribution in [0, 0.1) is 5.82 Å². The van der Waals surface area contributed by atoms with E-state index in [0.717, 1.165) is 10.0 Å². The molecule has 2 heterocycles. The molecule has 1 N–H and O–H groups in total. The number of hydrogen-bond acceptors (Lipinski definition) is 5. The van der Waals surface area contributed by atoms with Crippen molar-refractivity contribution in [2.45, 2.75) is 13.3 Å². The normalized spacial score (nSPS) is 10.7. The molecule has 8 nitrogen and oxygen atoms in total. The Morgan fingerprint density at radius 1 is 1.10 bits per heavy atom. The first-order valence-electron chi connectivity index (χ1n) is 8.92. The fourth-order valence-electron chi connectivity index (χ4n) is 2.64. The van der Waals surface area contributed by atoms with Gasteiger partial charge in [-0.3, -0.25) is 10.1 Å². The number of anilines is 1. The average Bonchev–Trinajstić information content (AvgIpc) is 3.37. The summed E-state index contributed by atoms with van der Waals surface area (Å²) in [5.74, 6) is 0.0616. The number of hydrogen-bond donors (Lipinski definition) is 1. The summed E-state index contributed by atoms with van der Waals surface area (Å²) in [6.45, 7) is 0.498. The minimum Gasteiger partial charge on any atom is -0.471 e. The SMILES string of the molecule is O=C(Nc1ncn(Cc2cccc(F)c2)n1)c1ccn(COc2ccc(Br)cc2)n1. The minimum absolute atomic E-state index is 0.136. The van der Waals surface area contributed by atoms with E-state index in [1.165, 1.54) is 27.8 Å². The Bertz CT molecular complexity index is 1160. The number of amides is 1. The van der Waals surface area contributed by atoms with Crippen molar-refractivity contribution in [1.29, 1.82) is 0 Å². The molecule has 4 rings (SSSR count). The van der Waals surface area contributed by atoms with Crippen molar-refractivity contribution in [2.24, 2.45) is 0 Å². The Morgan fingerprint density at radius 3 is 2.73 bits per heavy atom. The van der Waals surface area contributed by atoms with Crippen molar-refractivity contribution < 1.29 is 13.9 Å². The smallest absolute Gasteiger partial charge is 0.278 e. The summed E-state index contributed by atoms with van der Waals surface area (Å²) in [6, 6.07) is 15.2. The van der Waals surface area contributed by atoms with E-state index >= 15 is 0 Å². The number of aromatic nitrogens is 5. The zero-order chi connectivity index (χ0) is 20.9. The van der Waals surface area contributed by atoms with E-state index in [9.17, 15) is 9.18 Å². The van der Waals surface area contributed by atoms with Crippen LogP contribution in [0.3, 0.4) is 0 Å². The van der Waals surface area contributed by atoms with E-state index in [4.69, 9.17) is 4.74 Å². The van der Waals surface area contributed by atoms with Crippen LogP contribution >= 0.6 is 15.9 Å². The summed E-state index contributed by atoms with van der Waals surface area (Å²) in [4.78, 5) is 16.4. The topological polar surface area (TPSA) is 86.9 Å². The van der Waals surface area contributed by atoms with Gasteiger partial charge in [0.1, 0.15) is 17.9 Å². The van der Waals surface area contributed by atoms with Crippen LogP contribution < -0.4 is 10.1 Å². The number of rotatable bonds is 7. The molecule has 152 valence electrons. The predicted molar refractivity (Wildman–Crippen MR) is 110 cm³/mol. The molecule has 0 saturated carbocycles. The standard InChI is InChI=1S/C20H16BrFN6O2/c21-15-4-6-17(7-5-15)30-13-27-9-8-18(25-27)19(29)24-20-23-12-28(26-20)11-14-2-1-3-16(22)10-14/h1-10,12H,11,13H2,(H,24,26,29). The fourth-order valence-corrected chi connectivity index (χ4v) is 2.91. The van der Waals surface area contributed by atoms with E-state index in [1.54, 1.807) is 24.4 Å². The first-order valence-corrected chi connectivity index (χ1v) is 9.71. The van der Waals surface area contributed by atoms with Gasteiger partial charge in [-0.05, 0) is 48.0 Å². The highest BCUT2D eigenvalue weighted by Crippen LogP contribution is 2.16. The number of carbonyl (C=O) groups excluding carboxylic acids is 1. The quantitative estimate of drug-likeness (QED) is 0.444. The zero-order valence-electron chi connectivity index (χ0n) is 15.6. The Balaban J connectivity index is 1.33. The van der Waals surface area contributed by atoms with Crippen molar-refractivity contribution in [3.8, 4) is 5.75 Å². The highest BCUT2D eigenvalue weighted by atomic mass is 79.9. The third kappa shape index (κ3) is 5.09. The molecule has 0 spiro atoms. The maximum absolute atomic E-state index is 13.3. The first kappa shape index (κ1) is 19.8. The van der Waals surface area contributed by atoms with E-state index < -0.39 is 5.91 Å². The molecule has 0 aliphatic rings. The largest absolute Gasteiger partial charge is 0.471 e. The van der Waals surface area contributed by atoms with Gasteiger partial charge in [0.15, 0.2) is 12.4 Å². The molecule has 0 aliphatic heterocycles. The maximum atomic E-state index is 13.3. The van der Waals surface area contributed by atoms with E-state index in [0.29, 0.717) is 12.3 Å². The van der Waals surface area contributed by atoms with Gasteiger partial charge >= 0.3 is 0 Å². The van der Waals surface area contributed by atoms with Gasteiger partial charge in [0.25, 0.3) is 5.91 Å². The molecule has 0 unspecified atom stereocenters. The van der Waals surface area contributed by atoms with Crippen molar-refractivity contribution >= 4 is 27.8 Å². The summed E-state index contributed by atoms with van der Waals surface area (Å²) in [7, 11) is 0. The Labute approximate surface area is 179 Å². The lowest BCUT2D eigenvalue weighted by atomic mass is 10.2. The van der Waals surface area contributed by atoms with E-state index in [-0.39, 0.29) is 24.2 Å². The van der Waals surface area contributed by atoms with Gasteiger partial charge in [-0.15, -0.1) is 5.10 Å².